The Kier molecular flexibility index (Phi) is 4.82. The molecule has 0 aliphatic heterocycles. The van der Waals surface area contributed by atoms with Gasteiger partial charge in [0.05, 0.1) is 0 Å². The van der Waals surface area contributed by atoms with E-state index in [9.17, 15) is 4.79 Å². The van der Waals surface area contributed by atoms with Gasteiger partial charge in [0, 0.05) is 24.5 Å². The highest BCUT2D eigenvalue weighted by Gasteiger charge is 2.14. The predicted molar refractivity (Wildman–Crippen MR) is 72.0 cm³/mol. The number of carbonyl (C=O) groups is 1. The van der Waals surface area contributed by atoms with Gasteiger partial charge in [0.1, 0.15) is 0 Å². The average Bonchev–Trinajstić information content (AvgIpc) is 2.28. The summed E-state index contributed by atoms with van der Waals surface area (Å²) in [5.41, 5.74) is 7.03. The molecule has 1 aromatic rings. The van der Waals surface area contributed by atoms with Gasteiger partial charge in [-0.05, 0) is 31.5 Å². The van der Waals surface area contributed by atoms with Crippen molar-refractivity contribution in [2.75, 3.05) is 18.1 Å². The molecule has 94 valence electrons. The van der Waals surface area contributed by atoms with Gasteiger partial charge in [-0.1, -0.05) is 19.4 Å². The second kappa shape index (κ2) is 6.13. The van der Waals surface area contributed by atoms with Crippen LogP contribution in [0.15, 0.2) is 24.3 Å². The van der Waals surface area contributed by atoms with Crippen molar-refractivity contribution in [3.05, 3.63) is 24.3 Å². The van der Waals surface area contributed by atoms with Gasteiger partial charge in [0.2, 0.25) is 0 Å². The van der Waals surface area contributed by atoms with E-state index in [4.69, 9.17) is 5.73 Å². The van der Waals surface area contributed by atoms with Crippen LogP contribution in [0.5, 0.6) is 0 Å². The number of rotatable bonds is 4. The molecule has 0 aromatic heterocycles. The van der Waals surface area contributed by atoms with Gasteiger partial charge in [0.25, 0.3) is 0 Å². The Balaban J connectivity index is 2.60. The van der Waals surface area contributed by atoms with Crippen LogP contribution in [-0.2, 0) is 0 Å². The third-order valence-corrected chi connectivity index (χ3v) is 2.83. The number of nitrogen functional groups attached to an aromatic ring is 1. The highest BCUT2D eigenvalue weighted by atomic mass is 16.2. The van der Waals surface area contributed by atoms with Crippen LogP contribution < -0.4 is 11.1 Å². The third kappa shape index (κ3) is 3.98. The number of nitrogens with one attached hydrogen (secondary N) is 1. The number of hydrogen-bond donors (Lipinski definition) is 2. The zero-order chi connectivity index (χ0) is 12.8. The lowest BCUT2D eigenvalue weighted by molar-refractivity contribution is 0.205. The summed E-state index contributed by atoms with van der Waals surface area (Å²) >= 11 is 0. The standard InChI is InChI=1S/C13H21N3O/c1-4-6-10(2)16(3)13(17)15-12-8-5-7-11(14)9-12/h5,7-10H,4,6,14H2,1-3H3,(H,15,17). The average molecular weight is 235 g/mol. The molecule has 0 aliphatic carbocycles. The van der Waals surface area contributed by atoms with Crippen LogP contribution >= 0.6 is 0 Å². The Bertz CT molecular complexity index is 379. The normalized spacial score (nSPS) is 11.9. The van der Waals surface area contributed by atoms with Crippen LogP contribution in [0.3, 0.4) is 0 Å². The minimum Gasteiger partial charge on any atom is -0.399 e. The number of nitrogens with zero attached hydrogens (tertiary/aromatic N) is 1. The Morgan fingerprint density at radius 3 is 2.82 bits per heavy atom. The molecular formula is C13H21N3O. The van der Waals surface area contributed by atoms with E-state index in [1.807, 2.05) is 26.1 Å². The van der Waals surface area contributed by atoms with Crippen molar-refractivity contribution in [1.29, 1.82) is 0 Å². The number of hydrogen-bond acceptors (Lipinski definition) is 2. The number of urea groups is 1. The lowest BCUT2D eigenvalue weighted by atomic mass is 10.2. The van der Waals surface area contributed by atoms with Gasteiger partial charge in [-0.3, -0.25) is 0 Å². The minimum atomic E-state index is -0.100. The van der Waals surface area contributed by atoms with Gasteiger partial charge in [-0.2, -0.15) is 0 Å². The van der Waals surface area contributed by atoms with Crippen LogP contribution in [0, 0.1) is 0 Å². The number of benzene rings is 1. The molecule has 0 bridgehead atoms. The third-order valence-electron chi connectivity index (χ3n) is 2.83. The van der Waals surface area contributed by atoms with Crippen molar-refractivity contribution in [3.8, 4) is 0 Å². The first-order chi connectivity index (χ1) is 8.04. The van der Waals surface area contributed by atoms with Crippen LogP contribution in [0.2, 0.25) is 0 Å². The number of nitrogens with two attached hydrogens (primary N) is 1. The van der Waals surface area contributed by atoms with E-state index in [-0.39, 0.29) is 12.1 Å². The second-order valence-electron chi connectivity index (χ2n) is 4.30. The summed E-state index contributed by atoms with van der Waals surface area (Å²) < 4.78 is 0. The molecule has 17 heavy (non-hydrogen) atoms. The van der Waals surface area contributed by atoms with Crippen molar-refractivity contribution in [2.24, 2.45) is 0 Å². The van der Waals surface area contributed by atoms with E-state index >= 15 is 0 Å². The van der Waals surface area contributed by atoms with Gasteiger partial charge < -0.3 is 16.0 Å². The summed E-state index contributed by atoms with van der Waals surface area (Å²) in [7, 11) is 1.81. The summed E-state index contributed by atoms with van der Waals surface area (Å²) in [6, 6.07) is 7.32. The van der Waals surface area contributed by atoms with Crippen LogP contribution in [0.1, 0.15) is 26.7 Å². The molecule has 0 heterocycles. The molecule has 1 atom stereocenters. The van der Waals surface area contributed by atoms with E-state index in [0.717, 1.165) is 18.5 Å². The molecule has 0 spiro atoms. The van der Waals surface area contributed by atoms with E-state index in [2.05, 4.69) is 12.2 Å². The molecule has 0 saturated heterocycles. The molecule has 0 aliphatic rings. The fourth-order valence-corrected chi connectivity index (χ4v) is 1.64. The predicted octanol–water partition coefficient (Wildman–Crippen LogP) is 2.92. The molecule has 1 rings (SSSR count). The second-order valence-corrected chi connectivity index (χ2v) is 4.30. The molecular weight excluding hydrogens is 214 g/mol. The van der Waals surface area contributed by atoms with E-state index in [1.54, 1.807) is 17.0 Å². The first kappa shape index (κ1) is 13.4. The summed E-state index contributed by atoms with van der Waals surface area (Å²) in [4.78, 5) is 13.6. The summed E-state index contributed by atoms with van der Waals surface area (Å²) in [6.45, 7) is 4.16. The lowest BCUT2D eigenvalue weighted by Crippen LogP contribution is -2.38. The van der Waals surface area contributed by atoms with Crippen molar-refractivity contribution in [1.82, 2.24) is 4.90 Å². The number of anilines is 2. The molecule has 2 amide bonds. The molecule has 4 nitrogen and oxygen atoms in total. The fraction of sp³-hybridized carbons (Fsp3) is 0.462. The summed E-state index contributed by atoms with van der Waals surface area (Å²) in [6.07, 6.45) is 2.07. The number of amides is 2. The quantitative estimate of drug-likeness (QED) is 0.788. The highest BCUT2D eigenvalue weighted by Crippen LogP contribution is 2.13. The molecule has 0 fully saturated rings. The maximum Gasteiger partial charge on any atom is 0.321 e. The minimum absolute atomic E-state index is 0.100. The van der Waals surface area contributed by atoms with E-state index < -0.39 is 0 Å². The van der Waals surface area contributed by atoms with Gasteiger partial charge in [0.15, 0.2) is 0 Å². The fourth-order valence-electron chi connectivity index (χ4n) is 1.64. The van der Waals surface area contributed by atoms with Crippen LogP contribution in [0.25, 0.3) is 0 Å². The van der Waals surface area contributed by atoms with Crippen molar-refractivity contribution in [3.63, 3.8) is 0 Å². The molecule has 1 unspecified atom stereocenters. The molecule has 3 N–H and O–H groups in total. The maximum atomic E-state index is 11.9. The zero-order valence-corrected chi connectivity index (χ0v) is 10.7. The summed E-state index contributed by atoms with van der Waals surface area (Å²) in [5, 5.41) is 2.83. The van der Waals surface area contributed by atoms with E-state index in [1.165, 1.54) is 0 Å². The zero-order valence-electron chi connectivity index (χ0n) is 10.7. The van der Waals surface area contributed by atoms with Gasteiger partial charge in [-0.15, -0.1) is 0 Å². The maximum absolute atomic E-state index is 11.9. The molecule has 4 heteroatoms. The topological polar surface area (TPSA) is 58.4 Å². The largest absolute Gasteiger partial charge is 0.399 e. The SMILES string of the molecule is CCCC(C)N(C)C(=O)Nc1cccc(N)c1. The Hall–Kier alpha value is -1.71. The molecule has 0 saturated carbocycles. The highest BCUT2D eigenvalue weighted by molar-refractivity contribution is 5.89. The Morgan fingerprint density at radius 2 is 2.24 bits per heavy atom. The van der Waals surface area contributed by atoms with Gasteiger partial charge in [-0.25, -0.2) is 4.79 Å². The first-order valence-electron chi connectivity index (χ1n) is 5.94. The monoisotopic (exact) mass is 235 g/mol. The number of carbonyl (C=O) groups excluding carboxylic acids is 1. The molecule has 1 aromatic carbocycles. The van der Waals surface area contributed by atoms with E-state index in [0.29, 0.717) is 5.69 Å². The summed E-state index contributed by atoms with van der Waals surface area (Å²) in [5.74, 6) is 0. The lowest BCUT2D eigenvalue weighted by Gasteiger charge is -2.24. The Labute approximate surface area is 103 Å². The van der Waals surface area contributed by atoms with Crippen molar-refractivity contribution >= 4 is 17.4 Å². The van der Waals surface area contributed by atoms with Crippen LogP contribution in [0.4, 0.5) is 16.2 Å². The molecule has 0 radical (unpaired) electrons. The Morgan fingerprint density at radius 1 is 1.53 bits per heavy atom. The van der Waals surface area contributed by atoms with Crippen molar-refractivity contribution in [2.45, 2.75) is 32.7 Å². The van der Waals surface area contributed by atoms with Gasteiger partial charge >= 0.3 is 6.03 Å². The van der Waals surface area contributed by atoms with Crippen molar-refractivity contribution < 1.29 is 4.79 Å². The smallest absolute Gasteiger partial charge is 0.321 e. The van der Waals surface area contributed by atoms with Crippen LogP contribution in [-0.4, -0.2) is 24.0 Å². The first-order valence-corrected chi connectivity index (χ1v) is 5.94.